The van der Waals surface area contributed by atoms with Crippen LogP contribution in [0.25, 0.3) is 22.8 Å². The summed E-state index contributed by atoms with van der Waals surface area (Å²) in [5.74, 6) is 0.403. The fourth-order valence-corrected chi connectivity index (χ4v) is 2.40. The molecule has 2 aromatic carbocycles. The predicted molar refractivity (Wildman–Crippen MR) is 94.2 cm³/mol. The normalized spacial score (nSPS) is 10.6. The molecule has 0 unspecified atom stereocenters. The number of hydrogen-bond donors (Lipinski definition) is 4. The molecule has 0 saturated carbocycles. The minimum atomic E-state index is -0.806. The van der Waals surface area contributed by atoms with E-state index < -0.39 is 5.97 Å². The van der Waals surface area contributed by atoms with Gasteiger partial charge in [-0.2, -0.15) is 5.10 Å². The second-order valence-corrected chi connectivity index (χ2v) is 5.59. The van der Waals surface area contributed by atoms with E-state index in [0.29, 0.717) is 23.6 Å². The lowest BCUT2D eigenvalue weighted by Crippen LogP contribution is -2.10. The number of rotatable bonds is 6. The van der Waals surface area contributed by atoms with E-state index in [0.717, 1.165) is 16.7 Å². The van der Waals surface area contributed by atoms with Gasteiger partial charge in [-0.05, 0) is 12.0 Å². The number of benzene rings is 2. The number of carbonyl (C=O) groups is 1. The maximum Gasteiger partial charge on any atom is 0.303 e. The van der Waals surface area contributed by atoms with Gasteiger partial charge in [-0.1, -0.05) is 48.5 Å². The highest BCUT2D eigenvalue weighted by atomic mass is 16.4. The molecule has 126 valence electrons. The van der Waals surface area contributed by atoms with Crippen molar-refractivity contribution in [3.63, 3.8) is 0 Å². The van der Waals surface area contributed by atoms with Crippen molar-refractivity contribution >= 4 is 11.8 Å². The fraction of sp³-hybridized carbons (Fsp3) is 0.111. The van der Waals surface area contributed by atoms with Crippen LogP contribution in [-0.2, 0) is 11.2 Å². The van der Waals surface area contributed by atoms with E-state index >= 15 is 0 Å². The molecule has 7 heteroatoms. The first-order valence-corrected chi connectivity index (χ1v) is 7.71. The first-order chi connectivity index (χ1) is 12.0. The Bertz CT molecular complexity index is 898. The van der Waals surface area contributed by atoms with Crippen molar-refractivity contribution < 1.29 is 9.90 Å². The second kappa shape index (κ2) is 6.96. The van der Waals surface area contributed by atoms with Gasteiger partial charge in [0.25, 0.3) is 0 Å². The Kier molecular flexibility index (Phi) is 4.56. The summed E-state index contributed by atoms with van der Waals surface area (Å²) in [6.45, 7) is 0. The van der Waals surface area contributed by atoms with Gasteiger partial charge in [-0.25, -0.2) is 4.98 Å². The molecule has 0 saturated heterocycles. The number of aryl methyl sites for hydroxylation is 1. The van der Waals surface area contributed by atoms with E-state index in [-0.39, 0.29) is 12.3 Å². The average Bonchev–Trinajstić information content (AvgIpc) is 3.10. The Labute approximate surface area is 144 Å². The smallest absolute Gasteiger partial charge is 0.303 e. The van der Waals surface area contributed by atoms with Crippen LogP contribution in [0.15, 0.2) is 48.5 Å². The topological polar surface area (TPSA) is 129 Å². The summed E-state index contributed by atoms with van der Waals surface area (Å²) in [6.07, 6.45) is 0.613. The molecule has 3 rings (SSSR count). The zero-order valence-corrected chi connectivity index (χ0v) is 13.4. The highest BCUT2D eigenvalue weighted by Gasteiger charge is 2.08. The highest BCUT2D eigenvalue weighted by Crippen LogP contribution is 2.21. The van der Waals surface area contributed by atoms with Gasteiger partial charge < -0.3 is 10.8 Å². The summed E-state index contributed by atoms with van der Waals surface area (Å²) >= 11 is 0. The first kappa shape index (κ1) is 16.4. The molecule has 0 fully saturated rings. The van der Waals surface area contributed by atoms with Crippen LogP contribution in [0.2, 0.25) is 0 Å². The van der Waals surface area contributed by atoms with E-state index in [9.17, 15) is 4.79 Å². The summed E-state index contributed by atoms with van der Waals surface area (Å²) < 4.78 is 0. The van der Waals surface area contributed by atoms with Gasteiger partial charge in [0, 0.05) is 23.1 Å². The number of H-pyrrole nitrogens is 1. The number of nitrogens with one attached hydrogen (secondary N) is 2. The van der Waals surface area contributed by atoms with E-state index in [1.54, 1.807) is 12.1 Å². The molecule has 0 amide bonds. The molecule has 0 radical (unpaired) electrons. The van der Waals surface area contributed by atoms with Crippen LogP contribution in [0, 0.1) is 5.41 Å². The molecule has 3 aromatic rings. The standard InChI is InChI=1S/C18H17N5O2/c19-16(20)12-6-8-14(9-7-12)18-21-17(22-23-18)13-4-1-11(2-5-13)3-10-15(24)25/h1-2,4-9H,3,10H2,(H3,19,20)(H,24,25)(H,21,22,23). The van der Waals surface area contributed by atoms with Crippen molar-refractivity contribution in [2.75, 3.05) is 0 Å². The molecule has 0 bridgehead atoms. The van der Waals surface area contributed by atoms with Gasteiger partial charge in [0.1, 0.15) is 5.84 Å². The maximum absolute atomic E-state index is 10.6. The lowest BCUT2D eigenvalue weighted by Gasteiger charge is -2.01. The molecule has 0 aliphatic heterocycles. The summed E-state index contributed by atoms with van der Waals surface area (Å²) in [4.78, 5) is 15.1. The number of aromatic nitrogens is 3. The number of aliphatic carboxylic acids is 1. The lowest BCUT2D eigenvalue weighted by atomic mass is 10.1. The highest BCUT2D eigenvalue weighted by molar-refractivity contribution is 5.95. The third kappa shape index (κ3) is 3.89. The Morgan fingerprint density at radius 2 is 1.72 bits per heavy atom. The van der Waals surface area contributed by atoms with Gasteiger partial charge in [0.05, 0.1) is 0 Å². The minimum Gasteiger partial charge on any atom is -0.481 e. The molecule has 0 aliphatic carbocycles. The zero-order valence-electron chi connectivity index (χ0n) is 13.4. The average molecular weight is 335 g/mol. The first-order valence-electron chi connectivity index (χ1n) is 7.71. The maximum atomic E-state index is 10.6. The summed E-state index contributed by atoms with van der Waals surface area (Å²) in [7, 11) is 0. The van der Waals surface area contributed by atoms with Gasteiger partial charge >= 0.3 is 5.97 Å². The second-order valence-electron chi connectivity index (χ2n) is 5.59. The molecular weight excluding hydrogens is 318 g/mol. The van der Waals surface area contributed by atoms with E-state index in [4.69, 9.17) is 16.2 Å². The van der Waals surface area contributed by atoms with Crippen LogP contribution < -0.4 is 5.73 Å². The van der Waals surface area contributed by atoms with E-state index in [1.807, 2.05) is 36.4 Å². The van der Waals surface area contributed by atoms with Crippen LogP contribution in [0.3, 0.4) is 0 Å². The van der Waals surface area contributed by atoms with Crippen LogP contribution >= 0.6 is 0 Å². The van der Waals surface area contributed by atoms with Crippen molar-refractivity contribution in [2.45, 2.75) is 12.8 Å². The number of nitrogens with zero attached hydrogens (tertiary/aromatic N) is 2. The molecule has 7 nitrogen and oxygen atoms in total. The zero-order chi connectivity index (χ0) is 17.8. The monoisotopic (exact) mass is 335 g/mol. The van der Waals surface area contributed by atoms with Crippen molar-refractivity contribution in [1.82, 2.24) is 15.2 Å². The van der Waals surface area contributed by atoms with Crippen LogP contribution in [-0.4, -0.2) is 32.1 Å². The number of nitrogen functional groups attached to an aromatic ring is 1. The van der Waals surface area contributed by atoms with Gasteiger partial charge in [0.2, 0.25) is 0 Å². The van der Waals surface area contributed by atoms with Gasteiger partial charge in [0.15, 0.2) is 11.6 Å². The molecular formula is C18H17N5O2. The summed E-state index contributed by atoms with van der Waals surface area (Å²) in [5, 5.41) is 23.3. The molecule has 1 aromatic heterocycles. The molecule has 0 spiro atoms. The molecule has 25 heavy (non-hydrogen) atoms. The molecule has 5 N–H and O–H groups in total. The number of carboxylic acid groups (broad SMARTS) is 1. The van der Waals surface area contributed by atoms with Crippen LogP contribution in [0.5, 0.6) is 0 Å². The Morgan fingerprint density at radius 1 is 1.08 bits per heavy atom. The number of hydrogen-bond acceptors (Lipinski definition) is 4. The predicted octanol–water partition coefficient (Wildman–Crippen LogP) is 2.44. The number of carboxylic acids is 1. The number of aromatic amines is 1. The third-order valence-electron chi connectivity index (χ3n) is 3.79. The third-order valence-corrected chi connectivity index (χ3v) is 3.79. The summed E-state index contributed by atoms with van der Waals surface area (Å²) in [6, 6.07) is 14.7. The number of nitrogens with two attached hydrogens (primary N) is 1. The van der Waals surface area contributed by atoms with Crippen molar-refractivity contribution in [2.24, 2.45) is 5.73 Å². The SMILES string of the molecule is N=C(N)c1ccc(-c2n[nH]c(-c3ccc(CCC(=O)O)cc3)n2)cc1. The van der Waals surface area contributed by atoms with E-state index in [1.165, 1.54) is 0 Å². The quantitative estimate of drug-likeness (QED) is 0.406. The van der Waals surface area contributed by atoms with Crippen LogP contribution in [0.1, 0.15) is 17.5 Å². The molecule has 0 atom stereocenters. The van der Waals surface area contributed by atoms with Crippen molar-refractivity contribution in [3.8, 4) is 22.8 Å². The lowest BCUT2D eigenvalue weighted by molar-refractivity contribution is -0.136. The summed E-state index contributed by atoms with van der Waals surface area (Å²) in [5.41, 5.74) is 8.76. The van der Waals surface area contributed by atoms with Crippen molar-refractivity contribution in [3.05, 3.63) is 59.7 Å². The number of amidine groups is 1. The molecule has 1 heterocycles. The van der Waals surface area contributed by atoms with E-state index in [2.05, 4.69) is 15.2 Å². The minimum absolute atomic E-state index is 0.0187. The molecule has 0 aliphatic rings. The van der Waals surface area contributed by atoms with Gasteiger partial charge in [-0.3, -0.25) is 15.3 Å². The Balaban J connectivity index is 1.76. The largest absolute Gasteiger partial charge is 0.481 e. The Morgan fingerprint density at radius 3 is 2.32 bits per heavy atom. The Hall–Kier alpha value is -3.48. The van der Waals surface area contributed by atoms with Crippen LogP contribution in [0.4, 0.5) is 0 Å². The van der Waals surface area contributed by atoms with Gasteiger partial charge in [-0.15, -0.1) is 0 Å². The van der Waals surface area contributed by atoms with Crippen molar-refractivity contribution in [1.29, 1.82) is 5.41 Å². The fourth-order valence-electron chi connectivity index (χ4n) is 2.40.